The molecule has 29 heavy (non-hydrogen) atoms. The Morgan fingerprint density at radius 3 is 2.66 bits per heavy atom. The van der Waals surface area contributed by atoms with Crippen LogP contribution in [0.3, 0.4) is 0 Å². The highest BCUT2D eigenvalue weighted by molar-refractivity contribution is 5.92. The molecular weight excluding hydrogens is 374 g/mol. The number of aromatic nitrogens is 1. The van der Waals surface area contributed by atoms with E-state index in [0.29, 0.717) is 0 Å². The van der Waals surface area contributed by atoms with Crippen LogP contribution in [0.5, 0.6) is 5.75 Å². The standard InChI is InChI=1S/C21H29N3O5/c1-23(2)11-8-16-13-24(19-5-4-17(27-3)12-18(16)19)21(26)29-14-28-20(25)15-6-9-22-10-7-15/h4-5,12-13,15,22H,6-11,14H2,1-3H3. The van der Waals surface area contributed by atoms with Crippen molar-refractivity contribution in [3.63, 3.8) is 0 Å². The minimum atomic E-state index is -0.575. The molecule has 0 unspecified atom stereocenters. The summed E-state index contributed by atoms with van der Waals surface area (Å²) < 4.78 is 17.2. The van der Waals surface area contributed by atoms with Crippen LogP contribution in [0.25, 0.3) is 10.9 Å². The van der Waals surface area contributed by atoms with Crippen LogP contribution in [0.1, 0.15) is 18.4 Å². The Bertz CT molecular complexity index is 855. The molecule has 158 valence electrons. The van der Waals surface area contributed by atoms with Crippen LogP contribution in [0.2, 0.25) is 0 Å². The smallest absolute Gasteiger partial charge is 0.421 e. The molecule has 0 spiro atoms. The van der Waals surface area contributed by atoms with Gasteiger partial charge in [-0.2, -0.15) is 0 Å². The Morgan fingerprint density at radius 1 is 1.21 bits per heavy atom. The third-order valence-electron chi connectivity index (χ3n) is 5.18. The lowest BCUT2D eigenvalue weighted by molar-refractivity contribution is -0.157. The van der Waals surface area contributed by atoms with Crippen molar-refractivity contribution in [2.45, 2.75) is 19.3 Å². The molecule has 1 saturated heterocycles. The van der Waals surface area contributed by atoms with Gasteiger partial charge in [-0.25, -0.2) is 4.79 Å². The first-order valence-corrected chi connectivity index (χ1v) is 9.86. The normalized spacial score (nSPS) is 14.9. The molecule has 2 heterocycles. The van der Waals surface area contributed by atoms with Gasteiger partial charge in [0.2, 0.25) is 6.79 Å². The number of ether oxygens (including phenoxy) is 3. The molecule has 0 bridgehead atoms. The van der Waals surface area contributed by atoms with E-state index in [1.54, 1.807) is 19.4 Å². The second-order valence-electron chi connectivity index (χ2n) is 7.48. The van der Waals surface area contributed by atoms with Gasteiger partial charge in [0, 0.05) is 18.1 Å². The van der Waals surface area contributed by atoms with Crippen LogP contribution in [0.15, 0.2) is 24.4 Å². The van der Waals surface area contributed by atoms with Gasteiger partial charge >= 0.3 is 12.1 Å². The van der Waals surface area contributed by atoms with Gasteiger partial charge in [-0.1, -0.05) is 0 Å². The molecule has 3 rings (SSSR count). The number of nitrogens with zero attached hydrogens (tertiary/aromatic N) is 2. The van der Waals surface area contributed by atoms with E-state index in [1.807, 2.05) is 26.2 Å². The topological polar surface area (TPSA) is 82.0 Å². The molecule has 1 aromatic heterocycles. The summed E-state index contributed by atoms with van der Waals surface area (Å²) >= 11 is 0. The van der Waals surface area contributed by atoms with Crippen molar-refractivity contribution in [1.29, 1.82) is 0 Å². The number of hydrogen-bond acceptors (Lipinski definition) is 7. The zero-order valence-electron chi connectivity index (χ0n) is 17.3. The van der Waals surface area contributed by atoms with Crippen molar-refractivity contribution in [2.24, 2.45) is 5.92 Å². The summed E-state index contributed by atoms with van der Waals surface area (Å²) in [6, 6.07) is 5.55. The number of rotatable bonds is 7. The Hall–Kier alpha value is -2.58. The Labute approximate surface area is 170 Å². The molecule has 8 nitrogen and oxygen atoms in total. The number of likely N-dealkylation sites (N-methyl/N-ethyl adjacent to an activating group) is 1. The van der Waals surface area contributed by atoms with Crippen LogP contribution >= 0.6 is 0 Å². The molecule has 0 amide bonds. The fourth-order valence-corrected chi connectivity index (χ4v) is 3.48. The summed E-state index contributed by atoms with van der Waals surface area (Å²) in [5.74, 6) is 0.283. The minimum absolute atomic E-state index is 0.132. The van der Waals surface area contributed by atoms with E-state index in [2.05, 4.69) is 10.2 Å². The molecule has 1 aliphatic heterocycles. The summed E-state index contributed by atoms with van der Waals surface area (Å²) in [4.78, 5) is 26.8. The van der Waals surface area contributed by atoms with Crippen LogP contribution in [0, 0.1) is 5.92 Å². The molecule has 8 heteroatoms. The molecule has 1 aromatic carbocycles. The maximum absolute atomic E-state index is 12.6. The summed E-state index contributed by atoms with van der Waals surface area (Å²) in [5, 5.41) is 4.14. The average molecular weight is 403 g/mol. The Kier molecular flexibility index (Phi) is 7.11. The zero-order chi connectivity index (χ0) is 20.8. The molecule has 1 aliphatic rings. The molecule has 0 atom stereocenters. The maximum atomic E-state index is 12.6. The lowest BCUT2D eigenvalue weighted by atomic mass is 9.99. The van der Waals surface area contributed by atoms with E-state index in [0.717, 1.165) is 61.1 Å². The van der Waals surface area contributed by atoms with E-state index < -0.39 is 6.09 Å². The van der Waals surface area contributed by atoms with Crippen LogP contribution < -0.4 is 10.1 Å². The fourth-order valence-electron chi connectivity index (χ4n) is 3.48. The third kappa shape index (κ3) is 5.27. The van der Waals surface area contributed by atoms with E-state index >= 15 is 0 Å². The highest BCUT2D eigenvalue weighted by Crippen LogP contribution is 2.27. The number of esters is 1. The van der Waals surface area contributed by atoms with Crippen molar-refractivity contribution in [3.05, 3.63) is 30.0 Å². The lowest BCUT2D eigenvalue weighted by Crippen LogP contribution is -2.33. The van der Waals surface area contributed by atoms with Crippen LogP contribution in [-0.4, -0.2) is 69.2 Å². The van der Waals surface area contributed by atoms with Crippen molar-refractivity contribution in [3.8, 4) is 5.75 Å². The second kappa shape index (κ2) is 9.76. The van der Waals surface area contributed by atoms with E-state index in [9.17, 15) is 9.59 Å². The van der Waals surface area contributed by atoms with Crippen LogP contribution in [0.4, 0.5) is 4.79 Å². The number of methoxy groups -OCH3 is 1. The monoisotopic (exact) mass is 403 g/mol. The molecule has 1 fully saturated rings. The summed E-state index contributed by atoms with van der Waals surface area (Å²) in [5.41, 5.74) is 1.76. The van der Waals surface area contributed by atoms with Gasteiger partial charge in [-0.15, -0.1) is 0 Å². The Morgan fingerprint density at radius 2 is 1.97 bits per heavy atom. The van der Waals surface area contributed by atoms with Gasteiger partial charge in [0.1, 0.15) is 5.75 Å². The SMILES string of the molecule is COc1ccc2c(c1)c(CCN(C)C)cn2C(=O)OCOC(=O)C1CCNCC1. The van der Waals surface area contributed by atoms with Crippen LogP contribution in [-0.2, 0) is 20.7 Å². The molecule has 2 aromatic rings. The first-order valence-electron chi connectivity index (χ1n) is 9.86. The molecule has 0 radical (unpaired) electrons. The van der Waals surface area contributed by atoms with E-state index in [4.69, 9.17) is 14.2 Å². The molecule has 1 N–H and O–H groups in total. The number of benzene rings is 1. The van der Waals surface area contributed by atoms with Gasteiger partial charge in [0.05, 0.1) is 18.5 Å². The number of carbonyl (C=O) groups excluding carboxylic acids is 2. The predicted octanol–water partition coefficient (Wildman–Crippen LogP) is 2.24. The fraction of sp³-hybridized carbons (Fsp3) is 0.524. The third-order valence-corrected chi connectivity index (χ3v) is 5.18. The van der Waals surface area contributed by atoms with Gasteiger partial charge in [-0.3, -0.25) is 9.36 Å². The Balaban J connectivity index is 1.68. The minimum Gasteiger partial charge on any atom is -0.497 e. The first kappa shape index (κ1) is 21.1. The maximum Gasteiger partial charge on any atom is 0.421 e. The zero-order valence-corrected chi connectivity index (χ0v) is 17.3. The van der Waals surface area contributed by atoms with Gasteiger partial charge in [0.25, 0.3) is 0 Å². The average Bonchev–Trinajstić information content (AvgIpc) is 3.10. The number of fused-ring (bicyclic) bond motifs is 1. The largest absolute Gasteiger partial charge is 0.497 e. The van der Waals surface area contributed by atoms with E-state index in [1.165, 1.54) is 4.57 Å². The van der Waals surface area contributed by atoms with Crippen molar-refractivity contribution in [1.82, 2.24) is 14.8 Å². The number of nitrogens with one attached hydrogen (secondary N) is 1. The first-order chi connectivity index (χ1) is 14.0. The quantitative estimate of drug-likeness (QED) is 0.561. The number of piperidine rings is 1. The summed E-state index contributed by atoms with van der Waals surface area (Å²) in [6.07, 6.45) is 3.47. The van der Waals surface area contributed by atoms with E-state index in [-0.39, 0.29) is 18.7 Å². The molecule has 0 aliphatic carbocycles. The van der Waals surface area contributed by atoms with Gasteiger partial charge in [0.15, 0.2) is 0 Å². The number of carbonyl (C=O) groups is 2. The van der Waals surface area contributed by atoms with Crippen molar-refractivity contribution < 1.29 is 23.8 Å². The number of hydrogen-bond donors (Lipinski definition) is 1. The predicted molar refractivity (Wildman–Crippen MR) is 109 cm³/mol. The van der Waals surface area contributed by atoms with Gasteiger partial charge < -0.3 is 24.4 Å². The van der Waals surface area contributed by atoms with Crippen molar-refractivity contribution in [2.75, 3.05) is 47.6 Å². The second-order valence-corrected chi connectivity index (χ2v) is 7.48. The highest BCUT2D eigenvalue weighted by Gasteiger charge is 2.23. The van der Waals surface area contributed by atoms with Crippen molar-refractivity contribution >= 4 is 23.0 Å². The highest BCUT2D eigenvalue weighted by atomic mass is 16.7. The summed E-state index contributed by atoms with van der Waals surface area (Å²) in [7, 11) is 5.62. The summed E-state index contributed by atoms with van der Waals surface area (Å²) in [6.45, 7) is 2.06. The molecular formula is C21H29N3O5. The van der Waals surface area contributed by atoms with Gasteiger partial charge in [-0.05, 0) is 70.2 Å². The lowest BCUT2D eigenvalue weighted by Gasteiger charge is -2.20. The molecule has 0 saturated carbocycles.